The molecule has 4 nitrogen and oxygen atoms in total. The van der Waals surface area contributed by atoms with Crippen molar-refractivity contribution in [2.45, 2.75) is 48.8 Å². The zero-order valence-electron chi connectivity index (χ0n) is 16.3. The second-order valence-corrected chi connectivity index (χ2v) is 9.22. The topological polar surface area (TPSA) is 35.6 Å². The summed E-state index contributed by atoms with van der Waals surface area (Å²) in [5.74, 6) is 0.813. The molecule has 0 aliphatic carbocycles. The summed E-state index contributed by atoms with van der Waals surface area (Å²) < 4.78 is 37.7. The van der Waals surface area contributed by atoms with Gasteiger partial charge in [-0.15, -0.1) is 11.8 Å². The molecular formula is C20H27ClF3N3OS. The number of piperidine rings is 1. The Labute approximate surface area is 179 Å². The average molecular weight is 450 g/mol. The molecule has 3 rings (SSSR count). The van der Waals surface area contributed by atoms with E-state index in [1.165, 1.54) is 4.90 Å². The molecule has 1 N–H and O–H groups in total. The Morgan fingerprint density at radius 2 is 1.83 bits per heavy atom. The van der Waals surface area contributed by atoms with Gasteiger partial charge in [0, 0.05) is 28.3 Å². The van der Waals surface area contributed by atoms with Gasteiger partial charge in [0.15, 0.2) is 0 Å². The average Bonchev–Trinajstić information content (AvgIpc) is 3.16. The largest absolute Gasteiger partial charge is 0.401 e. The molecule has 0 radical (unpaired) electrons. The van der Waals surface area contributed by atoms with Crippen LogP contribution >= 0.6 is 23.4 Å². The lowest BCUT2D eigenvalue weighted by Gasteiger charge is -2.39. The van der Waals surface area contributed by atoms with Crippen LogP contribution in [0, 0.1) is 0 Å². The zero-order valence-corrected chi connectivity index (χ0v) is 17.8. The van der Waals surface area contributed by atoms with Gasteiger partial charge in [-0.2, -0.15) is 13.2 Å². The Hall–Kier alpha value is -0.960. The Balaban J connectivity index is 1.40. The monoisotopic (exact) mass is 449 g/mol. The van der Waals surface area contributed by atoms with Gasteiger partial charge >= 0.3 is 6.18 Å². The Kier molecular flexibility index (Phi) is 8.13. The van der Waals surface area contributed by atoms with Crippen LogP contribution in [-0.2, 0) is 4.79 Å². The maximum Gasteiger partial charge on any atom is 0.401 e. The number of carbonyl (C=O) groups excluding carboxylic acids is 1. The van der Waals surface area contributed by atoms with Crippen molar-refractivity contribution in [2.24, 2.45) is 0 Å². The minimum atomic E-state index is -4.15. The van der Waals surface area contributed by atoms with E-state index in [1.807, 2.05) is 24.3 Å². The number of alkyl halides is 3. The van der Waals surface area contributed by atoms with Crippen molar-refractivity contribution in [3.8, 4) is 0 Å². The predicted molar refractivity (Wildman–Crippen MR) is 110 cm³/mol. The lowest BCUT2D eigenvalue weighted by atomic mass is 10.0. The van der Waals surface area contributed by atoms with E-state index in [1.54, 1.807) is 11.8 Å². The molecule has 2 aliphatic heterocycles. The number of hydrogen-bond acceptors (Lipinski definition) is 4. The van der Waals surface area contributed by atoms with E-state index < -0.39 is 12.7 Å². The third kappa shape index (κ3) is 7.05. The molecule has 9 heteroatoms. The van der Waals surface area contributed by atoms with Gasteiger partial charge < -0.3 is 5.32 Å². The maximum atomic E-state index is 12.7. The summed E-state index contributed by atoms with van der Waals surface area (Å²) in [6.45, 7) is 1.47. The first-order valence-electron chi connectivity index (χ1n) is 10.0. The molecule has 1 aromatic carbocycles. The first-order valence-corrected chi connectivity index (χ1v) is 11.4. The smallest absolute Gasteiger partial charge is 0.354 e. The number of carbonyl (C=O) groups is 1. The van der Waals surface area contributed by atoms with Crippen molar-refractivity contribution in [1.82, 2.24) is 15.1 Å². The van der Waals surface area contributed by atoms with Gasteiger partial charge in [-0.05, 0) is 69.6 Å². The summed E-state index contributed by atoms with van der Waals surface area (Å²) >= 11 is 7.54. The predicted octanol–water partition coefficient (Wildman–Crippen LogP) is 4.04. The van der Waals surface area contributed by atoms with Crippen molar-refractivity contribution in [3.63, 3.8) is 0 Å². The van der Waals surface area contributed by atoms with E-state index in [-0.39, 0.29) is 18.0 Å². The number of nitrogens with zero attached hydrogens (tertiary/aromatic N) is 2. The summed E-state index contributed by atoms with van der Waals surface area (Å²) in [5.41, 5.74) is 0. The second kappa shape index (κ2) is 10.4. The van der Waals surface area contributed by atoms with Gasteiger partial charge in [-0.3, -0.25) is 14.6 Å². The Morgan fingerprint density at radius 3 is 2.48 bits per heavy atom. The highest BCUT2D eigenvalue weighted by atomic mass is 35.5. The van der Waals surface area contributed by atoms with Crippen LogP contribution in [0.2, 0.25) is 5.02 Å². The highest BCUT2D eigenvalue weighted by molar-refractivity contribution is 7.99. The summed E-state index contributed by atoms with van der Waals surface area (Å²) in [7, 11) is 0. The van der Waals surface area contributed by atoms with Gasteiger partial charge in [0.25, 0.3) is 0 Å². The minimum absolute atomic E-state index is 0.0388. The molecule has 0 unspecified atom stereocenters. The minimum Gasteiger partial charge on any atom is -0.354 e. The maximum absolute atomic E-state index is 12.7. The van der Waals surface area contributed by atoms with Gasteiger partial charge in [-0.25, -0.2) is 0 Å². The lowest BCUT2D eigenvalue weighted by Crippen LogP contribution is -2.52. The van der Waals surface area contributed by atoms with Crippen LogP contribution in [0.1, 0.15) is 25.7 Å². The van der Waals surface area contributed by atoms with Gasteiger partial charge in [-0.1, -0.05) is 11.6 Å². The third-order valence-corrected chi connectivity index (χ3v) is 6.78. The van der Waals surface area contributed by atoms with E-state index in [0.717, 1.165) is 30.0 Å². The molecule has 162 valence electrons. The summed E-state index contributed by atoms with van der Waals surface area (Å²) in [6.07, 6.45) is -0.995. The molecule has 1 atom stereocenters. The van der Waals surface area contributed by atoms with Crippen LogP contribution in [0.5, 0.6) is 0 Å². The van der Waals surface area contributed by atoms with Crippen LogP contribution in [0.3, 0.4) is 0 Å². The van der Waals surface area contributed by atoms with Gasteiger partial charge in [0.1, 0.15) is 0 Å². The molecule has 2 fully saturated rings. The van der Waals surface area contributed by atoms with E-state index in [9.17, 15) is 18.0 Å². The quantitative estimate of drug-likeness (QED) is 0.503. The van der Waals surface area contributed by atoms with E-state index >= 15 is 0 Å². The fourth-order valence-corrected chi connectivity index (χ4v) is 5.06. The van der Waals surface area contributed by atoms with Crippen LogP contribution in [0.15, 0.2) is 29.2 Å². The van der Waals surface area contributed by atoms with Crippen molar-refractivity contribution in [1.29, 1.82) is 0 Å². The molecular weight excluding hydrogens is 423 g/mol. The summed E-state index contributed by atoms with van der Waals surface area (Å²) in [6, 6.07) is 7.64. The van der Waals surface area contributed by atoms with Crippen LogP contribution in [0.25, 0.3) is 0 Å². The molecule has 2 aliphatic rings. The van der Waals surface area contributed by atoms with Crippen molar-refractivity contribution in [3.05, 3.63) is 29.3 Å². The highest BCUT2D eigenvalue weighted by Crippen LogP contribution is 2.28. The number of halogens is 4. The van der Waals surface area contributed by atoms with Crippen molar-refractivity contribution >= 4 is 29.3 Å². The van der Waals surface area contributed by atoms with E-state index in [4.69, 9.17) is 11.6 Å². The number of amides is 1. The van der Waals surface area contributed by atoms with Crippen LogP contribution < -0.4 is 5.32 Å². The van der Waals surface area contributed by atoms with Crippen LogP contribution in [0.4, 0.5) is 13.2 Å². The van der Waals surface area contributed by atoms with E-state index in [0.29, 0.717) is 37.5 Å². The number of benzene rings is 1. The third-order valence-electron chi connectivity index (χ3n) is 5.51. The number of hydrogen-bond donors (Lipinski definition) is 1. The number of rotatable bonds is 7. The van der Waals surface area contributed by atoms with Gasteiger partial charge in [0.2, 0.25) is 5.91 Å². The number of likely N-dealkylation sites (tertiary alicyclic amines) is 2. The number of thioether (sulfide) groups is 1. The molecule has 0 bridgehead atoms. The van der Waals surface area contributed by atoms with E-state index in [2.05, 4.69) is 10.2 Å². The molecule has 2 heterocycles. The highest BCUT2D eigenvalue weighted by Gasteiger charge is 2.38. The fourth-order valence-electron chi connectivity index (χ4n) is 4.16. The van der Waals surface area contributed by atoms with Gasteiger partial charge in [0.05, 0.1) is 12.6 Å². The molecule has 29 heavy (non-hydrogen) atoms. The summed E-state index contributed by atoms with van der Waals surface area (Å²) in [5, 5.41) is 3.73. The second-order valence-electron chi connectivity index (χ2n) is 7.61. The zero-order chi connectivity index (χ0) is 20.9. The SMILES string of the molecule is O=C(NCCSc1ccc(Cl)cc1)[C@@H]1CCCN1C1CCN(CC(F)(F)F)CC1. The molecule has 1 aromatic rings. The number of nitrogens with one attached hydrogen (secondary N) is 1. The molecule has 0 spiro atoms. The fraction of sp³-hybridized carbons (Fsp3) is 0.650. The first kappa shape index (κ1) is 22.7. The van der Waals surface area contributed by atoms with Crippen molar-refractivity contribution < 1.29 is 18.0 Å². The summed E-state index contributed by atoms with van der Waals surface area (Å²) in [4.78, 5) is 17.5. The Bertz CT molecular complexity index is 666. The molecule has 0 aromatic heterocycles. The normalized spacial score (nSPS) is 22.1. The van der Waals surface area contributed by atoms with Crippen molar-refractivity contribution in [2.75, 3.05) is 38.5 Å². The molecule has 2 saturated heterocycles. The Morgan fingerprint density at radius 1 is 1.14 bits per heavy atom. The van der Waals surface area contributed by atoms with Crippen LogP contribution in [-0.4, -0.2) is 72.4 Å². The first-order chi connectivity index (χ1) is 13.8. The molecule has 1 amide bonds. The standard InChI is InChI=1S/C20H27ClF3N3OS/c21-15-3-5-17(6-4-15)29-13-9-25-19(28)18-2-1-10-27(18)16-7-11-26(12-8-16)14-20(22,23)24/h3-6,16,18H,1-2,7-14H2,(H,25,28)/t18-/m0/s1. The molecule has 0 saturated carbocycles. The lowest BCUT2D eigenvalue weighted by molar-refractivity contribution is -0.149.